The molecule has 2 aliphatic heterocycles. The highest BCUT2D eigenvalue weighted by Gasteiger charge is 2.56. The minimum Gasteiger partial charge on any atom is -0.449 e. The van der Waals surface area contributed by atoms with Crippen molar-refractivity contribution in [3.05, 3.63) is 87.8 Å². The van der Waals surface area contributed by atoms with Gasteiger partial charge in [0.15, 0.2) is 10.8 Å². The highest BCUT2D eigenvalue weighted by Crippen LogP contribution is 2.46. The van der Waals surface area contributed by atoms with Crippen molar-refractivity contribution in [2.45, 2.75) is 24.5 Å². The number of likely N-dealkylation sites (N-methyl/N-ethyl adjacent to an activating group) is 1. The van der Waals surface area contributed by atoms with Crippen LogP contribution in [0.1, 0.15) is 24.2 Å². The van der Waals surface area contributed by atoms with E-state index in [-0.39, 0.29) is 28.6 Å². The maximum absolute atomic E-state index is 15.3. The summed E-state index contributed by atoms with van der Waals surface area (Å²) in [5.74, 6) is -1.99. The number of nitrogens with zero attached hydrogens (tertiary/aromatic N) is 3. The Kier molecular flexibility index (Phi) is 7.46. The topological polar surface area (TPSA) is 70.3 Å². The quantitative estimate of drug-likeness (QED) is 0.453. The molecule has 3 heterocycles. The van der Waals surface area contributed by atoms with E-state index in [9.17, 15) is 9.18 Å². The first-order valence-corrected chi connectivity index (χ1v) is 12.9. The molecule has 3 atom stereocenters. The number of ether oxygens (including phenoxy) is 1. The Labute approximate surface area is 228 Å². The van der Waals surface area contributed by atoms with E-state index in [0.717, 1.165) is 12.6 Å². The summed E-state index contributed by atoms with van der Waals surface area (Å²) < 4.78 is 40.7. The molecule has 1 amide bonds. The van der Waals surface area contributed by atoms with E-state index in [2.05, 4.69) is 10.2 Å². The molecule has 1 aromatic heterocycles. The zero-order valence-electron chi connectivity index (χ0n) is 20.8. The average Bonchev–Trinajstić information content (AvgIpc) is 3.44. The lowest BCUT2D eigenvalue weighted by molar-refractivity contribution is -0.127. The van der Waals surface area contributed by atoms with Crippen LogP contribution in [0.15, 0.2) is 64.1 Å². The van der Waals surface area contributed by atoms with Gasteiger partial charge in [0.2, 0.25) is 5.91 Å². The van der Waals surface area contributed by atoms with E-state index < -0.39 is 29.0 Å². The number of hydrogen-bond acceptors (Lipinski definition) is 6. The molecular formula is C27H26Cl2F2N4O3. The molecule has 0 spiro atoms. The van der Waals surface area contributed by atoms with Crippen LogP contribution in [0, 0.1) is 11.6 Å². The van der Waals surface area contributed by atoms with Crippen LogP contribution in [0.2, 0.25) is 10.2 Å². The molecule has 11 heteroatoms. The molecule has 0 bridgehead atoms. The number of carbonyl (C=O) groups is 1. The number of morpholine rings is 1. The van der Waals surface area contributed by atoms with Crippen LogP contribution in [0.25, 0.3) is 0 Å². The molecule has 5 rings (SSSR count). The van der Waals surface area contributed by atoms with Gasteiger partial charge in [0.1, 0.15) is 17.4 Å². The SMILES string of the molecule is CN1CCOC(CNC(=O)C2(C)C(c3ccc(Cl)o3)C(c3ccc(F)cc3)=NN2c2ccc(Cl)cc2F)C1. The van der Waals surface area contributed by atoms with Crippen molar-refractivity contribution in [3.63, 3.8) is 0 Å². The number of amides is 1. The van der Waals surface area contributed by atoms with Crippen molar-refractivity contribution in [1.82, 2.24) is 10.2 Å². The molecule has 2 aliphatic rings. The van der Waals surface area contributed by atoms with E-state index in [1.807, 2.05) is 7.05 Å². The number of halogens is 4. The van der Waals surface area contributed by atoms with Gasteiger partial charge in [-0.2, -0.15) is 5.10 Å². The van der Waals surface area contributed by atoms with Crippen LogP contribution in [0.3, 0.4) is 0 Å². The predicted octanol–water partition coefficient (Wildman–Crippen LogP) is 5.08. The number of benzene rings is 2. The zero-order chi connectivity index (χ0) is 27.0. The molecule has 3 unspecified atom stereocenters. The Hall–Kier alpha value is -2.98. The maximum atomic E-state index is 15.3. The lowest BCUT2D eigenvalue weighted by atomic mass is 9.78. The summed E-state index contributed by atoms with van der Waals surface area (Å²) >= 11 is 12.1. The van der Waals surface area contributed by atoms with Gasteiger partial charge in [-0.1, -0.05) is 23.7 Å². The molecule has 1 saturated heterocycles. The van der Waals surface area contributed by atoms with Crippen molar-refractivity contribution in [3.8, 4) is 0 Å². The maximum Gasteiger partial charge on any atom is 0.249 e. The Morgan fingerprint density at radius 3 is 2.58 bits per heavy atom. The summed E-state index contributed by atoms with van der Waals surface area (Å²) in [6, 6.07) is 13.1. The van der Waals surface area contributed by atoms with Crippen LogP contribution >= 0.6 is 23.2 Å². The third-order valence-electron chi connectivity index (χ3n) is 6.93. The van der Waals surface area contributed by atoms with Crippen molar-refractivity contribution in [2.24, 2.45) is 5.10 Å². The summed E-state index contributed by atoms with van der Waals surface area (Å²) in [6.07, 6.45) is -0.211. The van der Waals surface area contributed by atoms with Crippen LogP contribution in [0.5, 0.6) is 0 Å². The van der Waals surface area contributed by atoms with Gasteiger partial charge in [-0.05, 0) is 73.6 Å². The second kappa shape index (κ2) is 10.6. The Morgan fingerprint density at radius 1 is 1.16 bits per heavy atom. The Bertz CT molecular complexity index is 1370. The standard InChI is InChI=1S/C27H26Cl2F2N4O3/c1-27(26(36)32-14-19-15-34(2)11-12-37-19)24(22-9-10-23(29)38-22)25(16-3-6-18(30)7-4-16)33-35(27)21-8-5-17(28)13-20(21)31/h3-10,13,19,24H,11-12,14-15H2,1-2H3,(H,32,36). The second-order valence-electron chi connectivity index (χ2n) is 9.59. The van der Waals surface area contributed by atoms with Crippen molar-refractivity contribution >= 4 is 40.5 Å². The van der Waals surface area contributed by atoms with Crippen molar-refractivity contribution in [1.29, 1.82) is 0 Å². The van der Waals surface area contributed by atoms with Gasteiger partial charge in [0.05, 0.1) is 30.0 Å². The minimum atomic E-state index is -1.51. The van der Waals surface area contributed by atoms with E-state index in [0.29, 0.717) is 30.2 Å². The molecule has 1 N–H and O–H groups in total. The molecule has 38 heavy (non-hydrogen) atoms. The molecule has 1 fully saturated rings. The third kappa shape index (κ3) is 5.03. The van der Waals surface area contributed by atoms with Gasteiger partial charge in [0, 0.05) is 24.7 Å². The Morgan fingerprint density at radius 2 is 1.92 bits per heavy atom. The first-order valence-electron chi connectivity index (χ1n) is 12.1. The predicted molar refractivity (Wildman–Crippen MR) is 142 cm³/mol. The molecule has 0 saturated carbocycles. The van der Waals surface area contributed by atoms with Crippen LogP contribution in [-0.2, 0) is 9.53 Å². The number of carbonyl (C=O) groups excluding carboxylic acids is 1. The summed E-state index contributed by atoms with van der Waals surface area (Å²) in [7, 11) is 1.99. The monoisotopic (exact) mass is 562 g/mol. The normalized spacial score (nSPS) is 23.9. The van der Waals surface area contributed by atoms with Gasteiger partial charge in [-0.15, -0.1) is 0 Å². The third-order valence-corrected chi connectivity index (χ3v) is 7.37. The highest BCUT2D eigenvalue weighted by molar-refractivity contribution is 6.30. The fourth-order valence-electron chi connectivity index (χ4n) is 4.96. The second-order valence-corrected chi connectivity index (χ2v) is 10.4. The number of nitrogens with one attached hydrogen (secondary N) is 1. The smallest absolute Gasteiger partial charge is 0.249 e. The van der Waals surface area contributed by atoms with Crippen LogP contribution < -0.4 is 10.3 Å². The van der Waals surface area contributed by atoms with Crippen molar-refractivity contribution in [2.75, 3.05) is 38.3 Å². The number of anilines is 1. The van der Waals surface area contributed by atoms with Crippen LogP contribution in [0.4, 0.5) is 14.5 Å². The summed E-state index contributed by atoms with van der Waals surface area (Å²) in [6.45, 7) is 3.92. The first-order chi connectivity index (χ1) is 18.2. The molecule has 0 radical (unpaired) electrons. The van der Waals surface area contributed by atoms with Crippen molar-refractivity contribution < 1.29 is 22.7 Å². The first kappa shape index (κ1) is 26.6. The van der Waals surface area contributed by atoms with Gasteiger partial charge in [0.25, 0.3) is 0 Å². The number of hydrogen-bond donors (Lipinski definition) is 1. The zero-order valence-corrected chi connectivity index (χ0v) is 22.3. The minimum absolute atomic E-state index is 0.0421. The molecule has 7 nitrogen and oxygen atoms in total. The molecule has 2 aromatic carbocycles. The largest absolute Gasteiger partial charge is 0.449 e. The van der Waals surface area contributed by atoms with E-state index in [4.69, 9.17) is 37.5 Å². The molecule has 0 aliphatic carbocycles. The molecule has 200 valence electrons. The van der Waals surface area contributed by atoms with Gasteiger partial charge < -0.3 is 19.4 Å². The van der Waals surface area contributed by atoms with Gasteiger partial charge in [-0.25, -0.2) is 13.8 Å². The van der Waals surface area contributed by atoms with E-state index >= 15 is 4.39 Å². The number of furan rings is 1. The number of rotatable bonds is 6. The fourth-order valence-corrected chi connectivity index (χ4v) is 5.27. The lowest BCUT2D eigenvalue weighted by Crippen LogP contribution is -2.58. The lowest BCUT2D eigenvalue weighted by Gasteiger charge is -2.37. The van der Waals surface area contributed by atoms with Gasteiger partial charge in [-0.3, -0.25) is 4.79 Å². The highest BCUT2D eigenvalue weighted by atomic mass is 35.5. The van der Waals surface area contributed by atoms with Crippen LogP contribution in [-0.4, -0.2) is 61.5 Å². The average molecular weight is 563 g/mol. The van der Waals surface area contributed by atoms with E-state index in [1.54, 1.807) is 31.2 Å². The van der Waals surface area contributed by atoms with E-state index in [1.165, 1.54) is 29.3 Å². The fraction of sp³-hybridized carbons (Fsp3) is 0.333. The summed E-state index contributed by atoms with van der Waals surface area (Å²) in [5, 5.41) is 9.38. The molecule has 3 aromatic rings. The molecular weight excluding hydrogens is 537 g/mol. The summed E-state index contributed by atoms with van der Waals surface area (Å²) in [4.78, 5) is 16.2. The Balaban J connectivity index is 1.61. The summed E-state index contributed by atoms with van der Waals surface area (Å²) in [5.41, 5.74) is -0.547. The van der Waals surface area contributed by atoms with Gasteiger partial charge >= 0.3 is 0 Å². The number of hydrazone groups is 1.